The van der Waals surface area contributed by atoms with Crippen molar-refractivity contribution in [3.63, 3.8) is 0 Å². The van der Waals surface area contributed by atoms with Gasteiger partial charge in [-0.3, -0.25) is 4.90 Å². The fourth-order valence-electron chi connectivity index (χ4n) is 1.92. The van der Waals surface area contributed by atoms with E-state index in [0.717, 1.165) is 13.1 Å². The largest absolute Gasteiger partial charge is 0.456 e. The molecule has 0 aliphatic heterocycles. The van der Waals surface area contributed by atoms with Crippen molar-refractivity contribution in [3.8, 4) is 0 Å². The minimum absolute atomic E-state index is 0.265. The van der Waals surface area contributed by atoms with Crippen molar-refractivity contribution in [2.45, 2.75) is 20.4 Å². The Morgan fingerprint density at radius 2 is 1.53 bits per heavy atom. The summed E-state index contributed by atoms with van der Waals surface area (Å²) in [4.78, 5) is 1.94. The highest BCUT2D eigenvalue weighted by molar-refractivity contribution is 5.79. The lowest BCUT2D eigenvalue weighted by molar-refractivity contribution is 0.271. The topological polar surface area (TPSA) is 16.4 Å². The maximum absolute atomic E-state index is 13.5. The van der Waals surface area contributed by atoms with Crippen LogP contribution in [0.3, 0.4) is 0 Å². The van der Waals surface area contributed by atoms with Crippen LogP contribution in [0.15, 0.2) is 10.5 Å². The monoisotopic (exact) mass is 275 g/mol. The lowest BCUT2D eigenvalue weighted by Gasteiger charge is -2.15. The Hall–Kier alpha value is -1.56. The zero-order valence-electron chi connectivity index (χ0n) is 10.6. The number of rotatable bonds is 4. The van der Waals surface area contributed by atoms with Crippen LogP contribution in [-0.4, -0.2) is 18.0 Å². The summed E-state index contributed by atoms with van der Waals surface area (Å²) in [5.74, 6) is -6.33. The first-order valence-corrected chi connectivity index (χ1v) is 5.96. The molecule has 19 heavy (non-hydrogen) atoms. The maximum atomic E-state index is 13.5. The van der Waals surface area contributed by atoms with E-state index in [2.05, 4.69) is 0 Å². The number of furan rings is 1. The highest BCUT2D eigenvalue weighted by Gasteiger charge is 2.24. The predicted molar refractivity (Wildman–Crippen MR) is 62.7 cm³/mol. The highest BCUT2D eigenvalue weighted by Crippen LogP contribution is 2.29. The van der Waals surface area contributed by atoms with E-state index in [9.17, 15) is 17.6 Å². The summed E-state index contributed by atoms with van der Waals surface area (Å²) in [6.07, 6.45) is 0. The van der Waals surface area contributed by atoms with E-state index in [1.165, 1.54) is 6.07 Å². The molecule has 0 saturated heterocycles. The molecule has 1 aromatic carbocycles. The molecule has 0 spiro atoms. The summed E-state index contributed by atoms with van der Waals surface area (Å²) in [5, 5.41) is -0.376. The number of benzene rings is 1. The van der Waals surface area contributed by atoms with Gasteiger partial charge in [-0.05, 0) is 19.2 Å². The van der Waals surface area contributed by atoms with E-state index in [1.807, 2.05) is 18.7 Å². The molecule has 1 heterocycles. The van der Waals surface area contributed by atoms with Crippen molar-refractivity contribution >= 4 is 11.0 Å². The first kappa shape index (κ1) is 13.9. The SMILES string of the molecule is CCN(CC)Cc1cc2c(F)c(F)c(F)c(F)c2o1. The number of hydrogen-bond donors (Lipinski definition) is 0. The first-order valence-electron chi connectivity index (χ1n) is 5.96. The summed E-state index contributed by atoms with van der Waals surface area (Å²) in [6.45, 7) is 5.62. The van der Waals surface area contributed by atoms with Crippen molar-refractivity contribution in [3.05, 3.63) is 35.1 Å². The van der Waals surface area contributed by atoms with Gasteiger partial charge in [0.25, 0.3) is 0 Å². The third-order valence-electron chi connectivity index (χ3n) is 3.07. The van der Waals surface area contributed by atoms with Crippen LogP contribution in [0.1, 0.15) is 19.6 Å². The second-order valence-corrected chi connectivity index (χ2v) is 4.17. The Labute approximate surface area is 107 Å². The van der Waals surface area contributed by atoms with E-state index in [0.29, 0.717) is 6.54 Å². The molecule has 0 radical (unpaired) electrons. The van der Waals surface area contributed by atoms with Gasteiger partial charge in [-0.25, -0.2) is 13.2 Å². The molecule has 6 heteroatoms. The van der Waals surface area contributed by atoms with Crippen molar-refractivity contribution in [2.75, 3.05) is 13.1 Å². The molecule has 2 rings (SSSR count). The molecule has 1 aromatic heterocycles. The van der Waals surface area contributed by atoms with E-state index in [1.54, 1.807) is 0 Å². The number of nitrogens with zero attached hydrogens (tertiary/aromatic N) is 1. The van der Waals surface area contributed by atoms with Crippen molar-refractivity contribution < 1.29 is 22.0 Å². The Bertz CT molecular complexity index is 559. The molecule has 0 amide bonds. The molecule has 104 valence electrons. The molecule has 0 unspecified atom stereocenters. The van der Waals surface area contributed by atoms with Crippen molar-refractivity contribution in [1.82, 2.24) is 4.90 Å². The van der Waals surface area contributed by atoms with Gasteiger partial charge in [0.15, 0.2) is 17.2 Å². The van der Waals surface area contributed by atoms with Crippen LogP contribution in [0.4, 0.5) is 17.6 Å². The molecule has 0 fully saturated rings. The molecule has 0 N–H and O–H groups in total. The van der Waals surface area contributed by atoms with Gasteiger partial charge in [-0.15, -0.1) is 0 Å². The molecule has 2 nitrogen and oxygen atoms in total. The minimum atomic E-state index is -1.85. The summed E-state index contributed by atoms with van der Waals surface area (Å²) in [5.41, 5.74) is -0.585. The second kappa shape index (κ2) is 5.21. The molecule has 2 aromatic rings. The molecule has 0 aliphatic rings. The van der Waals surface area contributed by atoms with Crippen molar-refractivity contribution in [2.24, 2.45) is 0 Å². The van der Waals surface area contributed by atoms with Gasteiger partial charge in [0.1, 0.15) is 5.76 Å². The molecule has 0 atom stereocenters. The van der Waals surface area contributed by atoms with Crippen molar-refractivity contribution in [1.29, 1.82) is 0 Å². The van der Waals surface area contributed by atoms with Crippen LogP contribution < -0.4 is 0 Å². The first-order chi connectivity index (χ1) is 8.99. The van der Waals surface area contributed by atoms with E-state index in [-0.39, 0.29) is 11.1 Å². The van der Waals surface area contributed by atoms with E-state index >= 15 is 0 Å². The third-order valence-corrected chi connectivity index (χ3v) is 3.07. The molecular weight excluding hydrogens is 262 g/mol. The fourth-order valence-corrected chi connectivity index (χ4v) is 1.92. The standard InChI is InChI=1S/C13H13F4NO/c1-3-18(4-2)6-7-5-8-9(14)10(15)11(16)12(17)13(8)19-7/h5H,3-4,6H2,1-2H3. The Morgan fingerprint density at radius 1 is 0.947 bits per heavy atom. The average molecular weight is 275 g/mol. The number of halogens is 4. The van der Waals surface area contributed by atoms with Gasteiger partial charge in [-0.1, -0.05) is 13.8 Å². The second-order valence-electron chi connectivity index (χ2n) is 4.17. The summed E-state index contributed by atoms with van der Waals surface area (Å²) in [7, 11) is 0. The lowest BCUT2D eigenvalue weighted by Crippen LogP contribution is -2.21. The molecular formula is C13H13F4NO. The normalized spacial score (nSPS) is 11.7. The zero-order valence-corrected chi connectivity index (χ0v) is 10.6. The van der Waals surface area contributed by atoms with Gasteiger partial charge >= 0.3 is 0 Å². The van der Waals surface area contributed by atoms with Crippen LogP contribution >= 0.6 is 0 Å². The quantitative estimate of drug-likeness (QED) is 0.479. The molecule has 0 saturated carbocycles. The Balaban J connectivity index is 2.51. The van der Waals surface area contributed by atoms with Gasteiger partial charge in [0.2, 0.25) is 11.6 Å². The fraction of sp³-hybridized carbons (Fsp3) is 0.385. The van der Waals surface area contributed by atoms with Crippen LogP contribution in [0.25, 0.3) is 11.0 Å². The predicted octanol–water partition coefficient (Wildman–Crippen LogP) is 3.83. The van der Waals surface area contributed by atoms with E-state index < -0.39 is 28.9 Å². The van der Waals surface area contributed by atoms with Gasteiger partial charge in [0.05, 0.1) is 11.9 Å². The Morgan fingerprint density at radius 3 is 2.11 bits per heavy atom. The van der Waals surface area contributed by atoms with E-state index in [4.69, 9.17) is 4.42 Å². The zero-order chi connectivity index (χ0) is 14.2. The lowest BCUT2D eigenvalue weighted by atomic mass is 10.2. The average Bonchev–Trinajstić information content (AvgIpc) is 2.84. The number of hydrogen-bond acceptors (Lipinski definition) is 2. The smallest absolute Gasteiger partial charge is 0.205 e. The van der Waals surface area contributed by atoms with Crippen LogP contribution in [0, 0.1) is 23.3 Å². The van der Waals surface area contributed by atoms with Crippen LogP contribution in [0.2, 0.25) is 0 Å². The van der Waals surface area contributed by atoms with Gasteiger partial charge in [-0.2, -0.15) is 4.39 Å². The Kier molecular flexibility index (Phi) is 3.80. The minimum Gasteiger partial charge on any atom is -0.456 e. The summed E-state index contributed by atoms with van der Waals surface area (Å²) >= 11 is 0. The van der Waals surface area contributed by atoms with Crippen LogP contribution in [0.5, 0.6) is 0 Å². The molecule has 0 aliphatic carbocycles. The summed E-state index contributed by atoms with van der Waals surface area (Å²) in [6, 6.07) is 1.20. The molecule has 0 bridgehead atoms. The highest BCUT2D eigenvalue weighted by atomic mass is 19.2. The number of fused-ring (bicyclic) bond motifs is 1. The maximum Gasteiger partial charge on any atom is 0.205 e. The van der Waals surface area contributed by atoms with Gasteiger partial charge in [0, 0.05) is 0 Å². The van der Waals surface area contributed by atoms with Crippen LogP contribution in [-0.2, 0) is 6.54 Å². The van der Waals surface area contributed by atoms with Gasteiger partial charge < -0.3 is 4.42 Å². The third kappa shape index (κ3) is 2.32. The summed E-state index contributed by atoms with van der Waals surface area (Å²) < 4.78 is 58.2.